The Morgan fingerprint density at radius 2 is 2.15 bits per heavy atom. The Kier molecular flexibility index (Phi) is 1.66. The summed E-state index contributed by atoms with van der Waals surface area (Å²) in [5.41, 5.74) is 0.409. The molecule has 2 aromatic rings. The van der Waals surface area contributed by atoms with Gasteiger partial charge in [0, 0.05) is 6.20 Å². The van der Waals surface area contributed by atoms with Crippen molar-refractivity contribution in [1.82, 2.24) is 15.0 Å². The highest BCUT2D eigenvalue weighted by Crippen LogP contribution is 2.02. The predicted octanol–water partition coefficient (Wildman–Crippen LogP) is 0.892. The molecule has 64 valence electrons. The smallest absolute Gasteiger partial charge is 0.267 e. The second-order valence-electron chi connectivity index (χ2n) is 2.54. The first-order chi connectivity index (χ1) is 6.33. The molecule has 0 amide bonds. The van der Waals surface area contributed by atoms with Gasteiger partial charge in [-0.25, -0.2) is 0 Å². The molecule has 0 aliphatic heterocycles. The third-order valence-corrected chi connectivity index (χ3v) is 1.76. The van der Waals surface area contributed by atoms with Crippen molar-refractivity contribution in [2.45, 2.75) is 0 Å². The topological polar surface area (TPSA) is 47.8 Å². The zero-order valence-corrected chi connectivity index (χ0v) is 6.84. The molecule has 4 heteroatoms. The van der Waals surface area contributed by atoms with Crippen LogP contribution in [0.1, 0.15) is 0 Å². The van der Waals surface area contributed by atoms with Gasteiger partial charge in [-0.15, -0.1) is 5.10 Å². The van der Waals surface area contributed by atoms with Gasteiger partial charge in [-0.3, -0.25) is 4.79 Å². The van der Waals surface area contributed by atoms with Crippen LogP contribution in [-0.4, -0.2) is 15.0 Å². The Morgan fingerprint density at radius 1 is 1.38 bits per heavy atom. The number of rotatable bonds is 1. The fourth-order valence-corrected chi connectivity index (χ4v) is 1.12. The lowest BCUT2D eigenvalue weighted by atomic mass is 10.2. The zero-order valence-electron chi connectivity index (χ0n) is 6.84. The maximum absolute atomic E-state index is 11.5. The van der Waals surface area contributed by atoms with Crippen molar-refractivity contribution in [1.29, 1.82) is 0 Å². The summed E-state index contributed by atoms with van der Waals surface area (Å²) in [7, 11) is 0. The van der Waals surface area contributed by atoms with Crippen LogP contribution in [0.5, 0.6) is 0 Å². The molecule has 0 fully saturated rings. The molecule has 0 aliphatic rings. The highest BCUT2D eigenvalue weighted by atomic mass is 16.1. The highest BCUT2D eigenvalue weighted by Gasteiger charge is 2.00. The van der Waals surface area contributed by atoms with Gasteiger partial charge in [0.2, 0.25) is 0 Å². The molecular formula is C9H7N3O. The van der Waals surface area contributed by atoms with Crippen LogP contribution < -0.4 is 5.56 Å². The summed E-state index contributed by atoms with van der Waals surface area (Å²) < 4.78 is 1.11. The second kappa shape index (κ2) is 2.82. The molecule has 2 rings (SSSR count). The monoisotopic (exact) mass is 173 g/mol. The number of hydrogen-bond donors (Lipinski definition) is 0. The van der Waals surface area contributed by atoms with Gasteiger partial charge in [-0.1, -0.05) is 23.9 Å². The van der Waals surface area contributed by atoms with E-state index in [2.05, 4.69) is 16.9 Å². The molecule has 0 spiro atoms. The number of aromatic nitrogens is 3. The molecule has 0 saturated heterocycles. The van der Waals surface area contributed by atoms with Gasteiger partial charge in [0.15, 0.2) is 0 Å². The van der Waals surface area contributed by atoms with Crippen LogP contribution in [-0.2, 0) is 0 Å². The van der Waals surface area contributed by atoms with Crippen molar-refractivity contribution in [2.24, 2.45) is 0 Å². The molecule has 0 N–H and O–H groups in total. The number of fused-ring (bicyclic) bond motifs is 1. The number of nitrogens with zero attached hydrogens (tertiary/aromatic N) is 3. The normalized spacial score (nSPS) is 10.2. The summed E-state index contributed by atoms with van der Waals surface area (Å²) in [6.07, 6.45) is 1.34. The van der Waals surface area contributed by atoms with Crippen molar-refractivity contribution >= 4 is 17.1 Å². The lowest BCUT2D eigenvalue weighted by Crippen LogP contribution is -2.19. The van der Waals surface area contributed by atoms with E-state index in [0.29, 0.717) is 10.9 Å². The number of benzene rings is 1. The van der Waals surface area contributed by atoms with Crippen molar-refractivity contribution in [3.05, 3.63) is 41.2 Å². The SMILES string of the molecule is C=Cn1nnc2ccccc2c1=O. The van der Waals surface area contributed by atoms with Gasteiger partial charge in [-0.2, -0.15) is 4.68 Å². The first-order valence-corrected chi connectivity index (χ1v) is 3.80. The molecule has 0 aliphatic carbocycles. The standard InChI is InChI=1S/C9H7N3O/c1-2-12-9(13)7-5-3-4-6-8(7)10-11-12/h2-6H,1H2. The molecule has 0 saturated carbocycles. The van der Waals surface area contributed by atoms with E-state index in [4.69, 9.17) is 0 Å². The summed E-state index contributed by atoms with van der Waals surface area (Å²) in [6, 6.07) is 7.07. The van der Waals surface area contributed by atoms with Crippen molar-refractivity contribution in [3.8, 4) is 0 Å². The van der Waals surface area contributed by atoms with Crippen molar-refractivity contribution < 1.29 is 0 Å². The molecule has 0 bridgehead atoms. The third-order valence-electron chi connectivity index (χ3n) is 1.76. The summed E-state index contributed by atoms with van der Waals surface area (Å²) in [5.74, 6) is 0. The van der Waals surface area contributed by atoms with Gasteiger partial charge in [0.05, 0.1) is 5.39 Å². The van der Waals surface area contributed by atoms with Gasteiger partial charge in [0.25, 0.3) is 5.56 Å². The molecule has 1 aromatic heterocycles. The minimum Gasteiger partial charge on any atom is -0.267 e. The molecule has 1 heterocycles. The minimum atomic E-state index is -0.194. The number of hydrogen-bond acceptors (Lipinski definition) is 3. The van der Waals surface area contributed by atoms with Crippen molar-refractivity contribution in [3.63, 3.8) is 0 Å². The lowest BCUT2D eigenvalue weighted by molar-refractivity contribution is 0.773. The largest absolute Gasteiger partial charge is 0.281 e. The lowest BCUT2D eigenvalue weighted by Gasteiger charge is -1.97. The molecule has 0 atom stereocenters. The van der Waals surface area contributed by atoms with Gasteiger partial charge in [0.1, 0.15) is 5.52 Å². The van der Waals surface area contributed by atoms with E-state index < -0.39 is 0 Å². The maximum Gasteiger partial charge on any atom is 0.281 e. The maximum atomic E-state index is 11.5. The molecule has 0 unspecified atom stereocenters. The van der Waals surface area contributed by atoms with Crippen molar-refractivity contribution in [2.75, 3.05) is 0 Å². The van der Waals surface area contributed by atoms with Gasteiger partial charge in [-0.05, 0) is 12.1 Å². The van der Waals surface area contributed by atoms with E-state index in [-0.39, 0.29) is 5.56 Å². The Hall–Kier alpha value is -1.97. The predicted molar refractivity (Wildman–Crippen MR) is 50.2 cm³/mol. The molecular weight excluding hydrogens is 166 g/mol. The molecule has 0 radical (unpaired) electrons. The summed E-state index contributed by atoms with van der Waals surface area (Å²) in [4.78, 5) is 11.5. The zero-order chi connectivity index (χ0) is 9.26. The van der Waals surface area contributed by atoms with E-state index >= 15 is 0 Å². The molecule has 13 heavy (non-hydrogen) atoms. The fraction of sp³-hybridized carbons (Fsp3) is 0. The highest BCUT2D eigenvalue weighted by molar-refractivity contribution is 5.76. The van der Waals surface area contributed by atoms with E-state index in [1.807, 2.05) is 6.07 Å². The van der Waals surface area contributed by atoms with E-state index in [9.17, 15) is 4.79 Å². The Bertz CT molecular complexity index is 515. The van der Waals surface area contributed by atoms with Gasteiger partial charge >= 0.3 is 0 Å². The third kappa shape index (κ3) is 1.12. The van der Waals surface area contributed by atoms with Crippen LogP contribution in [0.15, 0.2) is 35.6 Å². The van der Waals surface area contributed by atoms with Crippen LogP contribution in [0.25, 0.3) is 17.1 Å². The first kappa shape index (κ1) is 7.67. The Morgan fingerprint density at radius 3 is 2.92 bits per heavy atom. The van der Waals surface area contributed by atoms with Crippen LogP contribution in [0.3, 0.4) is 0 Å². The molecule has 4 nitrogen and oxygen atoms in total. The van der Waals surface area contributed by atoms with Crippen LogP contribution in [0.2, 0.25) is 0 Å². The van der Waals surface area contributed by atoms with E-state index in [0.717, 1.165) is 4.68 Å². The molecule has 1 aromatic carbocycles. The van der Waals surface area contributed by atoms with Crippen LogP contribution in [0, 0.1) is 0 Å². The van der Waals surface area contributed by atoms with Gasteiger partial charge < -0.3 is 0 Å². The minimum absolute atomic E-state index is 0.194. The Labute approximate surface area is 74.1 Å². The Balaban J connectivity index is 2.95. The average Bonchev–Trinajstić information content (AvgIpc) is 2.19. The fourth-order valence-electron chi connectivity index (χ4n) is 1.12. The average molecular weight is 173 g/mol. The van der Waals surface area contributed by atoms with Crippen LogP contribution in [0.4, 0.5) is 0 Å². The summed E-state index contributed by atoms with van der Waals surface area (Å²) in [6.45, 7) is 3.46. The van der Waals surface area contributed by atoms with E-state index in [1.54, 1.807) is 18.2 Å². The second-order valence-corrected chi connectivity index (χ2v) is 2.54. The van der Waals surface area contributed by atoms with Crippen LogP contribution >= 0.6 is 0 Å². The first-order valence-electron chi connectivity index (χ1n) is 3.80. The summed E-state index contributed by atoms with van der Waals surface area (Å²) >= 11 is 0. The quantitative estimate of drug-likeness (QED) is 0.643. The summed E-state index contributed by atoms with van der Waals surface area (Å²) in [5, 5.41) is 8.07. The van der Waals surface area contributed by atoms with E-state index in [1.165, 1.54) is 6.20 Å².